The van der Waals surface area contributed by atoms with Gasteiger partial charge in [-0.05, 0) is 18.4 Å². The lowest BCUT2D eigenvalue weighted by Crippen LogP contribution is -2.33. The van der Waals surface area contributed by atoms with E-state index in [0.717, 1.165) is 0 Å². The van der Waals surface area contributed by atoms with Gasteiger partial charge in [-0.25, -0.2) is 13.4 Å². The van der Waals surface area contributed by atoms with Crippen molar-refractivity contribution in [2.45, 2.75) is 24.5 Å². The SMILES string of the molecule is CCn1cnc(S(=O)(=O)NC(C(=O)O)c2cccs2)c1. The van der Waals surface area contributed by atoms with E-state index in [2.05, 4.69) is 9.71 Å². The van der Waals surface area contributed by atoms with Gasteiger partial charge in [0.15, 0.2) is 11.1 Å². The molecule has 2 rings (SSSR count). The van der Waals surface area contributed by atoms with Crippen LogP contribution in [0.25, 0.3) is 0 Å². The van der Waals surface area contributed by atoms with Gasteiger partial charge in [-0.2, -0.15) is 4.72 Å². The van der Waals surface area contributed by atoms with Crippen molar-refractivity contribution >= 4 is 27.3 Å². The summed E-state index contributed by atoms with van der Waals surface area (Å²) in [7, 11) is -3.98. The van der Waals surface area contributed by atoms with Crippen LogP contribution in [0.4, 0.5) is 0 Å². The lowest BCUT2D eigenvalue weighted by atomic mass is 10.3. The Kier molecular flexibility index (Phi) is 4.21. The number of nitrogens with zero attached hydrogens (tertiary/aromatic N) is 2. The molecule has 20 heavy (non-hydrogen) atoms. The molecule has 0 aromatic carbocycles. The molecule has 0 fully saturated rings. The molecule has 1 unspecified atom stereocenters. The maximum Gasteiger partial charge on any atom is 0.327 e. The quantitative estimate of drug-likeness (QED) is 0.830. The molecule has 0 saturated carbocycles. The molecule has 0 aliphatic carbocycles. The van der Waals surface area contributed by atoms with Crippen molar-refractivity contribution in [3.63, 3.8) is 0 Å². The minimum atomic E-state index is -3.98. The van der Waals surface area contributed by atoms with Crippen molar-refractivity contribution in [1.29, 1.82) is 0 Å². The highest BCUT2D eigenvalue weighted by atomic mass is 32.2. The van der Waals surface area contributed by atoms with E-state index < -0.39 is 22.0 Å². The van der Waals surface area contributed by atoms with Gasteiger partial charge in [0.1, 0.15) is 0 Å². The summed E-state index contributed by atoms with van der Waals surface area (Å²) in [6.07, 6.45) is 2.74. The molecule has 108 valence electrons. The van der Waals surface area contributed by atoms with Crippen LogP contribution in [0.3, 0.4) is 0 Å². The summed E-state index contributed by atoms with van der Waals surface area (Å²) in [5, 5.41) is 10.7. The van der Waals surface area contributed by atoms with Gasteiger partial charge in [-0.1, -0.05) is 6.07 Å². The van der Waals surface area contributed by atoms with E-state index in [1.807, 2.05) is 6.92 Å². The summed E-state index contributed by atoms with van der Waals surface area (Å²) in [5.74, 6) is -1.26. The minimum Gasteiger partial charge on any atom is -0.480 e. The Balaban J connectivity index is 2.28. The summed E-state index contributed by atoms with van der Waals surface area (Å²) in [6, 6.07) is 1.92. The van der Waals surface area contributed by atoms with E-state index in [9.17, 15) is 13.2 Å². The number of aliphatic carboxylic acids is 1. The van der Waals surface area contributed by atoms with Crippen molar-refractivity contribution in [2.24, 2.45) is 0 Å². The van der Waals surface area contributed by atoms with E-state index in [1.54, 1.807) is 22.1 Å². The summed E-state index contributed by atoms with van der Waals surface area (Å²) in [4.78, 5) is 15.4. The summed E-state index contributed by atoms with van der Waals surface area (Å²) in [6.45, 7) is 2.42. The van der Waals surface area contributed by atoms with Crippen molar-refractivity contribution < 1.29 is 18.3 Å². The number of hydrogen-bond donors (Lipinski definition) is 2. The largest absolute Gasteiger partial charge is 0.480 e. The number of imidazole rings is 1. The number of aryl methyl sites for hydroxylation is 1. The van der Waals surface area contributed by atoms with Crippen molar-refractivity contribution in [3.05, 3.63) is 34.9 Å². The minimum absolute atomic E-state index is 0.192. The average molecular weight is 315 g/mol. The number of hydrogen-bond acceptors (Lipinski definition) is 5. The maximum absolute atomic E-state index is 12.1. The Morgan fingerprint density at radius 1 is 1.60 bits per heavy atom. The topological polar surface area (TPSA) is 101 Å². The average Bonchev–Trinajstić information content (AvgIpc) is 3.06. The zero-order chi connectivity index (χ0) is 14.8. The fourth-order valence-electron chi connectivity index (χ4n) is 1.55. The lowest BCUT2D eigenvalue weighted by Gasteiger charge is -2.11. The lowest BCUT2D eigenvalue weighted by molar-refractivity contribution is -0.139. The van der Waals surface area contributed by atoms with Gasteiger partial charge in [0.25, 0.3) is 10.0 Å². The third-order valence-corrected chi connectivity index (χ3v) is 4.84. The van der Waals surface area contributed by atoms with Crippen molar-refractivity contribution in [2.75, 3.05) is 0 Å². The normalized spacial score (nSPS) is 13.2. The summed E-state index contributed by atoms with van der Waals surface area (Å²) in [5.41, 5.74) is 0. The van der Waals surface area contributed by atoms with E-state index in [4.69, 9.17) is 5.11 Å². The molecule has 0 radical (unpaired) electrons. The molecule has 2 heterocycles. The molecule has 0 amide bonds. The zero-order valence-electron chi connectivity index (χ0n) is 10.6. The van der Waals surface area contributed by atoms with Crippen LogP contribution in [0.1, 0.15) is 17.8 Å². The molecule has 0 aliphatic heterocycles. The van der Waals surface area contributed by atoms with Gasteiger partial charge in [-0.15, -0.1) is 11.3 Å². The van der Waals surface area contributed by atoms with Gasteiger partial charge in [0.2, 0.25) is 0 Å². The van der Waals surface area contributed by atoms with E-state index in [0.29, 0.717) is 11.4 Å². The molecule has 2 N–H and O–H groups in total. The predicted octanol–water partition coefficient (Wildman–Crippen LogP) is 1.07. The molecular weight excluding hydrogens is 302 g/mol. The molecular formula is C11H13N3O4S2. The standard InChI is InChI=1S/C11H13N3O4S2/c1-2-14-6-9(12-7-14)20(17,18)13-10(11(15)16)8-4-3-5-19-8/h3-7,10,13H,2H2,1H3,(H,15,16). The molecule has 7 nitrogen and oxygen atoms in total. The first-order valence-corrected chi connectivity index (χ1v) is 8.10. The first-order chi connectivity index (χ1) is 9.44. The van der Waals surface area contributed by atoms with Gasteiger partial charge in [-0.3, -0.25) is 4.79 Å². The fraction of sp³-hybridized carbons (Fsp3) is 0.273. The third kappa shape index (κ3) is 3.06. The molecule has 9 heteroatoms. The summed E-state index contributed by atoms with van der Waals surface area (Å²) >= 11 is 1.17. The summed E-state index contributed by atoms with van der Waals surface area (Å²) < 4.78 is 28.0. The Morgan fingerprint density at radius 2 is 2.35 bits per heavy atom. The molecule has 2 aromatic heterocycles. The van der Waals surface area contributed by atoms with Crippen molar-refractivity contribution in [3.8, 4) is 0 Å². The highest BCUT2D eigenvalue weighted by Gasteiger charge is 2.28. The van der Waals surface area contributed by atoms with Crippen LogP contribution in [0, 0.1) is 0 Å². The zero-order valence-corrected chi connectivity index (χ0v) is 12.2. The van der Waals surface area contributed by atoms with Crippen molar-refractivity contribution in [1.82, 2.24) is 14.3 Å². The van der Waals surface area contributed by atoms with Crippen LogP contribution in [-0.4, -0.2) is 29.0 Å². The van der Waals surface area contributed by atoms with Crippen LogP contribution in [0.15, 0.2) is 35.1 Å². The predicted molar refractivity (Wildman–Crippen MR) is 72.9 cm³/mol. The highest BCUT2D eigenvalue weighted by Crippen LogP contribution is 2.21. The number of carbonyl (C=O) groups is 1. The Labute approximate surface area is 119 Å². The molecule has 1 atom stereocenters. The number of nitrogens with one attached hydrogen (secondary N) is 1. The Bertz CT molecular complexity index is 691. The fourth-order valence-corrected chi connectivity index (χ4v) is 3.51. The maximum atomic E-state index is 12.1. The van der Waals surface area contributed by atoms with Crippen LogP contribution >= 0.6 is 11.3 Å². The second-order valence-electron chi connectivity index (χ2n) is 3.95. The smallest absolute Gasteiger partial charge is 0.327 e. The van der Waals surface area contributed by atoms with Crippen LogP contribution in [0.2, 0.25) is 0 Å². The monoisotopic (exact) mass is 315 g/mol. The first-order valence-electron chi connectivity index (χ1n) is 5.74. The second-order valence-corrected chi connectivity index (χ2v) is 6.59. The second kappa shape index (κ2) is 5.73. The molecule has 0 spiro atoms. The van der Waals surface area contributed by atoms with Gasteiger partial charge in [0.05, 0.1) is 6.33 Å². The highest BCUT2D eigenvalue weighted by molar-refractivity contribution is 7.89. The first kappa shape index (κ1) is 14.7. The van der Waals surface area contributed by atoms with Crippen LogP contribution in [-0.2, 0) is 21.4 Å². The van der Waals surface area contributed by atoms with Gasteiger partial charge in [0, 0.05) is 17.6 Å². The number of carboxylic acids is 1. The number of thiophene rings is 1. The Hall–Kier alpha value is -1.71. The number of aromatic nitrogens is 2. The number of rotatable bonds is 6. The number of sulfonamides is 1. The van der Waals surface area contributed by atoms with Gasteiger partial charge < -0.3 is 9.67 Å². The molecule has 0 aliphatic rings. The van der Waals surface area contributed by atoms with E-state index in [1.165, 1.54) is 23.9 Å². The Morgan fingerprint density at radius 3 is 2.85 bits per heavy atom. The van der Waals surface area contributed by atoms with Crippen LogP contribution in [0.5, 0.6) is 0 Å². The van der Waals surface area contributed by atoms with Gasteiger partial charge >= 0.3 is 5.97 Å². The van der Waals surface area contributed by atoms with E-state index in [-0.39, 0.29) is 5.03 Å². The van der Waals surface area contributed by atoms with E-state index >= 15 is 0 Å². The molecule has 0 bridgehead atoms. The molecule has 0 saturated heterocycles. The molecule has 2 aromatic rings. The third-order valence-electron chi connectivity index (χ3n) is 2.60. The number of carboxylic acid groups (broad SMARTS) is 1. The van der Waals surface area contributed by atoms with Crippen LogP contribution < -0.4 is 4.72 Å².